The quantitative estimate of drug-likeness (QED) is 0.548. The molecule has 4 aliphatic carbocycles. The first-order valence-electron chi connectivity index (χ1n) is 9.79. The lowest BCUT2D eigenvalue weighted by Crippen LogP contribution is -2.56. The van der Waals surface area contributed by atoms with Crippen molar-refractivity contribution in [1.29, 1.82) is 0 Å². The summed E-state index contributed by atoms with van der Waals surface area (Å²) in [6, 6.07) is 0. The zero-order valence-corrected chi connectivity index (χ0v) is 16.0. The van der Waals surface area contributed by atoms with Crippen molar-refractivity contribution in [3.05, 3.63) is 11.6 Å². The van der Waals surface area contributed by atoms with Crippen LogP contribution in [0.25, 0.3) is 0 Å². The molecule has 4 rings (SSSR count). The van der Waals surface area contributed by atoms with Crippen LogP contribution in [0.5, 0.6) is 0 Å². The molecule has 8 atom stereocenters. The number of carbonyl (C=O) groups is 1. The van der Waals surface area contributed by atoms with Gasteiger partial charge in [-0.1, -0.05) is 25.5 Å². The average Bonchev–Trinajstić information content (AvgIpc) is 2.84. The van der Waals surface area contributed by atoms with Crippen LogP contribution in [0.4, 0.5) is 0 Å². The number of fused-ring (bicyclic) bond motifs is 5. The second kappa shape index (κ2) is 5.58. The first-order valence-corrected chi connectivity index (χ1v) is 10.2. The standard InChI is InChI=1S/C21H31ClO2/c1-12(23)16-6-7-17-15-5-4-13-10-14(22)8-9-20(13,2)19(15)18(24)11-21(16,17)3/h4,14-19,24H,5-11H2,1-3H3/t14?,15?,16?,17?,18-,19?,20?,21?/m1/s1. The van der Waals surface area contributed by atoms with Gasteiger partial charge >= 0.3 is 0 Å². The minimum atomic E-state index is -0.281. The van der Waals surface area contributed by atoms with E-state index < -0.39 is 0 Å². The summed E-state index contributed by atoms with van der Waals surface area (Å²) in [5.74, 6) is 1.94. The Morgan fingerprint density at radius 2 is 2.04 bits per heavy atom. The minimum absolute atomic E-state index is 0.00218. The van der Waals surface area contributed by atoms with Gasteiger partial charge in [-0.3, -0.25) is 4.79 Å². The first-order chi connectivity index (χ1) is 11.3. The second-order valence-corrected chi connectivity index (χ2v) is 10.2. The van der Waals surface area contributed by atoms with Crippen LogP contribution in [0, 0.1) is 34.5 Å². The van der Waals surface area contributed by atoms with Gasteiger partial charge in [-0.2, -0.15) is 0 Å². The van der Waals surface area contributed by atoms with Crippen LogP contribution in [0.3, 0.4) is 0 Å². The maximum Gasteiger partial charge on any atom is 0.133 e. The first kappa shape index (κ1) is 17.1. The molecule has 3 saturated carbocycles. The molecule has 0 aromatic carbocycles. The van der Waals surface area contributed by atoms with E-state index in [2.05, 4.69) is 19.9 Å². The lowest BCUT2D eigenvalue weighted by atomic mass is 9.46. The number of allylic oxidation sites excluding steroid dienone is 2. The molecule has 0 bridgehead atoms. The molecule has 3 fully saturated rings. The van der Waals surface area contributed by atoms with Gasteiger partial charge in [-0.25, -0.2) is 0 Å². The lowest BCUT2D eigenvalue weighted by molar-refractivity contribution is -0.138. The van der Waals surface area contributed by atoms with Crippen LogP contribution in [0.15, 0.2) is 11.6 Å². The van der Waals surface area contributed by atoms with Crippen molar-refractivity contribution in [2.75, 3.05) is 0 Å². The Morgan fingerprint density at radius 1 is 1.29 bits per heavy atom. The molecule has 0 aromatic heterocycles. The summed E-state index contributed by atoms with van der Waals surface area (Å²) in [6.07, 6.45) is 9.37. The van der Waals surface area contributed by atoms with E-state index in [0.717, 1.165) is 44.9 Å². The lowest BCUT2D eigenvalue weighted by Gasteiger charge is -2.59. The molecule has 0 amide bonds. The Balaban J connectivity index is 1.71. The molecule has 4 aliphatic rings. The highest BCUT2D eigenvalue weighted by Gasteiger charge is 2.62. The molecule has 24 heavy (non-hydrogen) atoms. The number of aliphatic hydroxyl groups excluding tert-OH is 1. The normalized spacial score (nSPS) is 53.6. The summed E-state index contributed by atoms with van der Waals surface area (Å²) in [5, 5.41) is 11.5. The molecule has 3 heteroatoms. The fourth-order valence-corrected chi connectivity index (χ4v) is 7.69. The van der Waals surface area contributed by atoms with E-state index in [1.54, 1.807) is 6.92 Å². The Bertz CT molecular complexity index is 584. The van der Waals surface area contributed by atoms with E-state index in [4.69, 9.17) is 11.6 Å². The van der Waals surface area contributed by atoms with E-state index >= 15 is 0 Å². The summed E-state index contributed by atoms with van der Waals surface area (Å²) in [5.41, 5.74) is 1.61. The number of ketones is 1. The number of hydrogen-bond acceptors (Lipinski definition) is 2. The molecule has 2 nitrogen and oxygen atoms in total. The molecular weight excluding hydrogens is 320 g/mol. The smallest absolute Gasteiger partial charge is 0.133 e. The molecule has 134 valence electrons. The van der Waals surface area contributed by atoms with E-state index in [-0.39, 0.29) is 28.2 Å². The summed E-state index contributed by atoms with van der Waals surface area (Å²) in [4.78, 5) is 12.2. The average molecular weight is 351 g/mol. The Labute approximate surface area is 151 Å². The van der Waals surface area contributed by atoms with Gasteiger partial charge < -0.3 is 5.11 Å². The van der Waals surface area contributed by atoms with Gasteiger partial charge in [0.2, 0.25) is 0 Å². The largest absolute Gasteiger partial charge is 0.393 e. The number of rotatable bonds is 1. The zero-order valence-electron chi connectivity index (χ0n) is 15.2. The van der Waals surface area contributed by atoms with Crippen LogP contribution < -0.4 is 0 Å². The van der Waals surface area contributed by atoms with Crippen LogP contribution in [-0.2, 0) is 4.79 Å². The van der Waals surface area contributed by atoms with Crippen molar-refractivity contribution >= 4 is 17.4 Å². The Morgan fingerprint density at radius 3 is 2.75 bits per heavy atom. The van der Waals surface area contributed by atoms with E-state index in [1.807, 2.05) is 0 Å². The summed E-state index contributed by atoms with van der Waals surface area (Å²) >= 11 is 6.43. The van der Waals surface area contributed by atoms with Crippen molar-refractivity contribution in [2.24, 2.45) is 34.5 Å². The van der Waals surface area contributed by atoms with E-state index in [9.17, 15) is 9.90 Å². The highest BCUT2D eigenvalue weighted by Crippen LogP contribution is 2.66. The highest BCUT2D eigenvalue weighted by atomic mass is 35.5. The number of alkyl halides is 1. The fraction of sp³-hybridized carbons (Fsp3) is 0.857. The van der Waals surface area contributed by atoms with Crippen LogP contribution in [-0.4, -0.2) is 22.4 Å². The van der Waals surface area contributed by atoms with Gasteiger partial charge in [-0.15, -0.1) is 11.6 Å². The second-order valence-electron chi connectivity index (χ2n) is 9.54. The number of carbonyl (C=O) groups excluding carboxylic acids is 1. The number of aliphatic hydroxyl groups is 1. The van der Waals surface area contributed by atoms with Crippen molar-refractivity contribution in [2.45, 2.75) is 77.2 Å². The molecule has 0 aromatic rings. The van der Waals surface area contributed by atoms with Gasteiger partial charge in [-0.05, 0) is 80.5 Å². The van der Waals surface area contributed by atoms with Crippen molar-refractivity contribution in [3.8, 4) is 0 Å². The topological polar surface area (TPSA) is 37.3 Å². The summed E-state index contributed by atoms with van der Waals surface area (Å²) in [6.45, 7) is 6.41. The van der Waals surface area contributed by atoms with Gasteiger partial charge in [0, 0.05) is 11.3 Å². The number of halogens is 1. The SMILES string of the molecule is CC(=O)C1CCC2C3CC=C4CC(Cl)CCC4(C)C3[C@H](O)CC12C. The molecule has 1 N–H and O–H groups in total. The molecule has 0 radical (unpaired) electrons. The third-order valence-corrected chi connectivity index (χ3v) is 8.84. The highest BCUT2D eigenvalue weighted by molar-refractivity contribution is 6.20. The summed E-state index contributed by atoms with van der Waals surface area (Å²) in [7, 11) is 0. The predicted octanol–water partition coefficient (Wildman–Crippen LogP) is 4.73. The zero-order chi connectivity index (χ0) is 17.3. The minimum Gasteiger partial charge on any atom is -0.393 e. The Kier molecular flexibility index (Phi) is 3.97. The van der Waals surface area contributed by atoms with Gasteiger partial charge in [0.15, 0.2) is 0 Å². The molecule has 0 aliphatic heterocycles. The predicted molar refractivity (Wildman–Crippen MR) is 96.9 cm³/mol. The van der Waals surface area contributed by atoms with Crippen molar-refractivity contribution < 1.29 is 9.90 Å². The van der Waals surface area contributed by atoms with Crippen molar-refractivity contribution in [3.63, 3.8) is 0 Å². The van der Waals surface area contributed by atoms with E-state index in [1.165, 1.54) is 5.57 Å². The maximum absolute atomic E-state index is 12.2. The number of hydrogen-bond donors (Lipinski definition) is 1. The maximum atomic E-state index is 12.2. The molecular formula is C21H31ClO2. The van der Waals surface area contributed by atoms with Crippen LogP contribution in [0.2, 0.25) is 0 Å². The Hall–Kier alpha value is -0.340. The fourth-order valence-electron chi connectivity index (χ4n) is 7.42. The van der Waals surface area contributed by atoms with Crippen molar-refractivity contribution in [1.82, 2.24) is 0 Å². The molecule has 0 saturated heterocycles. The van der Waals surface area contributed by atoms with E-state index in [0.29, 0.717) is 23.5 Å². The molecule has 0 spiro atoms. The molecule has 7 unspecified atom stereocenters. The number of Topliss-reactive ketones (excluding diaryl/α,β-unsaturated/α-hetero) is 1. The third kappa shape index (κ3) is 2.21. The summed E-state index contributed by atoms with van der Waals surface area (Å²) < 4.78 is 0. The van der Waals surface area contributed by atoms with Gasteiger partial charge in [0.05, 0.1) is 6.10 Å². The van der Waals surface area contributed by atoms with Gasteiger partial charge in [0.25, 0.3) is 0 Å². The van der Waals surface area contributed by atoms with Crippen LogP contribution in [0.1, 0.15) is 65.7 Å². The van der Waals surface area contributed by atoms with Crippen LogP contribution >= 0.6 is 11.6 Å². The monoisotopic (exact) mass is 350 g/mol. The third-order valence-electron chi connectivity index (χ3n) is 8.47. The molecule has 0 heterocycles. The van der Waals surface area contributed by atoms with Gasteiger partial charge in [0.1, 0.15) is 5.78 Å².